The average Bonchev–Trinajstić information content (AvgIpc) is 3.33. The molecular weight excluding hydrogens is 859 g/mol. The molecule has 1 heterocycles. The maximum absolute atomic E-state index is 13.3. The number of allylic oxidation sites excluding steroid dienone is 7. The molecule has 1 amide bonds. The molecule has 0 aromatic heterocycles. The van der Waals surface area contributed by atoms with E-state index in [4.69, 9.17) is 14.2 Å². The number of carbonyl (C=O) groups excluding carboxylic acids is 2. The Labute approximate surface area is 415 Å². The molecule has 68 heavy (non-hydrogen) atoms. The van der Waals surface area contributed by atoms with Gasteiger partial charge < -0.3 is 45.1 Å². The molecule has 6 N–H and O–H groups in total. The summed E-state index contributed by atoms with van der Waals surface area (Å²) in [4.78, 5) is 26.4. The Hall–Kier alpha value is -2.38. The summed E-state index contributed by atoms with van der Waals surface area (Å²) < 4.78 is 17.5. The number of ether oxygens (including phenoxy) is 3. The van der Waals surface area contributed by atoms with Crippen LogP contribution in [0.4, 0.5) is 0 Å². The Kier molecular flexibility index (Phi) is 42.8. The zero-order valence-electron chi connectivity index (χ0n) is 43.5. The van der Waals surface area contributed by atoms with Gasteiger partial charge >= 0.3 is 5.97 Å². The molecule has 8 atom stereocenters. The second-order valence-corrected chi connectivity index (χ2v) is 19.3. The minimum Gasteiger partial charge on any atom is -0.454 e. The van der Waals surface area contributed by atoms with Crippen LogP contribution in [-0.4, -0.2) is 99.6 Å². The second kappa shape index (κ2) is 45.7. The first-order valence-corrected chi connectivity index (χ1v) is 27.9. The van der Waals surface area contributed by atoms with E-state index in [-0.39, 0.29) is 19.4 Å². The third-order valence-electron chi connectivity index (χ3n) is 13.0. The van der Waals surface area contributed by atoms with Crippen molar-refractivity contribution in [1.29, 1.82) is 0 Å². The highest BCUT2D eigenvalue weighted by atomic mass is 16.7. The first-order chi connectivity index (χ1) is 33.2. The molecule has 396 valence electrons. The number of hydrogen-bond acceptors (Lipinski definition) is 10. The van der Waals surface area contributed by atoms with Crippen LogP contribution < -0.4 is 5.32 Å². The lowest BCUT2D eigenvalue weighted by Gasteiger charge is -2.41. The quantitative estimate of drug-likeness (QED) is 0.0196. The zero-order chi connectivity index (χ0) is 49.7. The third kappa shape index (κ3) is 34.0. The van der Waals surface area contributed by atoms with E-state index in [9.17, 15) is 35.1 Å². The molecule has 1 fully saturated rings. The van der Waals surface area contributed by atoms with Gasteiger partial charge in [0.25, 0.3) is 0 Å². The first-order valence-electron chi connectivity index (χ1n) is 27.9. The number of carbonyl (C=O) groups is 2. The maximum Gasteiger partial charge on any atom is 0.306 e. The van der Waals surface area contributed by atoms with Crippen LogP contribution in [0.2, 0.25) is 0 Å². The van der Waals surface area contributed by atoms with E-state index in [0.29, 0.717) is 12.8 Å². The Morgan fingerprint density at radius 2 is 1.06 bits per heavy atom. The Bertz CT molecular complexity index is 1290. The highest BCUT2D eigenvalue weighted by molar-refractivity contribution is 5.80. The van der Waals surface area contributed by atoms with E-state index in [1.807, 2.05) is 6.08 Å². The second-order valence-electron chi connectivity index (χ2n) is 19.3. The van der Waals surface area contributed by atoms with Crippen LogP contribution in [0.15, 0.2) is 48.6 Å². The highest BCUT2D eigenvalue weighted by Gasteiger charge is 2.47. The van der Waals surface area contributed by atoms with Crippen LogP contribution in [-0.2, 0) is 23.8 Å². The molecule has 0 saturated carbocycles. The predicted octanol–water partition coefficient (Wildman–Crippen LogP) is 12.1. The van der Waals surface area contributed by atoms with Gasteiger partial charge in [-0.3, -0.25) is 9.59 Å². The molecule has 11 nitrogen and oxygen atoms in total. The fraction of sp³-hybridized carbons (Fsp3) is 0.825. The molecule has 0 bridgehead atoms. The van der Waals surface area contributed by atoms with Crippen LogP contribution in [0, 0.1) is 0 Å². The largest absolute Gasteiger partial charge is 0.454 e. The first kappa shape index (κ1) is 63.6. The molecule has 1 rings (SSSR count). The Morgan fingerprint density at radius 1 is 0.588 bits per heavy atom. The van der Waals surface area contributed by atoms with Gasteiger partial charge in [0.1, 0.15) is 24.4 Å². The summed E-state index contributed by atoms with van der Waals surface area (Å²) in [6.45, 7) is 5.64. The lowest BCUT2D eigenvalue weighted by Crippen LogP contribution is -2.61. The minimum absolute atomic E-state index is 0.114. The van der Waals surface area contributed by atoms with Crippen molar-refractivity contribution in [2.24, 2.45) is 0 Å². The van der Waals surface area contributed by atoms with Crippen molar-refractivity contribution in [3.63, 3.8) is 0 Å². The number of hydrogen-bond donors (Lipinski definition) is 6. The van der Waals surface area contributed by atoms with E-state index in [1.54, 1.807) is 6.08 Å². The number of nitrogens with one attached hydrogen (secondary N) is 1. The minimum atomic E-state index is -1.62. The van der Waals surface area contributed by atoms with Crippen molar-refractivity contribution in [2.75, 3.05) is 13.2 Å². The van der Waals surface area contributed by atoms with Crippen molar-refractivity contribution in [3.8, 4) is 0 Å². The molecule has 8 unspecified atom stereocenters. The lowest BCUT2D eigenvalue weighted by atomic mass is 9.99. The predicted molar refractivity (Wildman–Crippen MR) is 278 cm³/mol. The molecule has 11 heteroatoms. The van der Waals surface area contributed by atoms with Gasteiger partial charge in [-0.2, -0.15) is 0 Å². The monoisotopic (exact) mass is 962 g/mol. The average molecular weight is 962 g/mol. The number of esters is 1. The van der Waals surface area contributed by atoms with Crippen LogP contribution >= 0.6 is 0 Å². The Balaban J connectivity index is 2.75. The molecule has 1 aliphatic rings. The molecule has 0 spiro atoms. The van der Waals surface area contributed by atoms with Gasteiger partial charge in [-0.05, 0) is 77.0 Å². The number of aliphatic hydroxyl groups is 5. The maximum atomic E-state index is 13.3. The summed E-state index contributed by atoms with van der Waals surface area (Å²) >= 11 is 0. The smallest absolute Gasteiger partial charge is 0.306 e. The van der Waals surface area contributed by atoms with Crippen molar-refractivity contribution in [2.45, 2.75) is 288 Å². The molecule has 0 aromatic carbocycles. The molecular formula is C57H103NO10. The third-order valence-corrected chi connectivity index (χ3v) is 13.0. The fourth-order valence-electron chi connectivity index (χ4n) is 8.51. The van der Waals surface area contributed by atoms with Crippen LogP contribution in [0.5, 0.6) is 0 Å². The Morgan fingerprint density at radius 3 is 1.60 bits per heavy atom. The molecule has 1 aliphatic heterocycles. The molecule has 1 saturated heterocycles. The van der Waals surface area contributed by atoms with Crippen LogP contribution in [0.1, 0.15) is 239 Å². The zero-order valence-corrected chi connectivity index (χ0v) is 43.5. The van der Waals surface area contributed by atoms with Gasteiger partial charge in [0.2, 0.25) is 5.91 Å². The molecule has 0 radical (unpaired) electrons. The number of unbranched alkanes of at least 4 members (excludes halogenated alkanes) is 26. The van der Waals surface area contributed by atoms with Gasteiger partial charge in [-0.1, -0.05) is 204 Å². The SMILES string of the molecule is CC/C=C/C/C=C/CCCCCCCCCC(=O)OC1C(OCC(NC(=O)C(O)CCCCCCCC/C=C\CCCCCC)C(O)/C=C/CCCCCCCCCCC)OC(CO)C(O)C1O. The molecule has 0 aliphatic carbocycles. The summed E-state index contributed by atoms with van der Waals surface area (Å²) in [6.07, 6.45) is 43.0. The van der Waals surface area contributed by atoms with Gasteiger partial charge in [0.15, 0.2) is 12.4 Å². The van der Waals surface area contributed by atoms with E-state index in [2.05, 4.69) is 62.5 Å². The van der Waals surface area contributed by atoms with Crippen molar-refractivity contribution in [3.05, 3.63) is 48.6 Å². The lowest BCUT2D eigenvalue weighted by molar-refractivity contribution is -0.305. The number of rotatable bonds is 46. The van der Waals surface area contributed by atoms with Gasteiger partial charge in [0.05, 0.1) is 25.4 Å². The summed E-state index contributed by atoms with van der Waals surface area (Å²) in [5, 5.41) is 56.7. The van der Waals surface area contributed by atoms with Crippen molar-refractivity contribution in [1.82, 2.24) is 5.32 Å². The van der Waals surface area contributed by atoms with Crippen molar-refractivity contribution < 1.29 is 49.3 Å². The topological polar surface area (TPSA) is 175 Å². The van der Waals surface area contributed by atoms with Crippen LogP contribution in [0.3, 0.4) is 0 Å². The number of amides is 1. The fourth-order valence-corrected chi connectivity index (χ4v) is 8.51. The van der Waals surface area contributed by atoms with E-state index in [0.717, 1.165) is 96.3 Å². The normalized spacial score (nSPS) is 20.3. The summed E-state index contributed by atoms with van der Waals surface area (Å²) in [5.74, 6) is -1.21. The molecule has 0 aromatic rings. The van der Waals surface area contributed by atoms with Crippen molar-refractivity contribution >= 4 is 11.9 Å². The standard InChI is InChI=1S/C57H103NO10/c1-4-7-10-13-16-19-22-24-26-29-32-35-38-41-44-50(61)56(65)58-48(49(60)43-40-37-34-31-28-21-18-15-12-9-6-3)47-66-57-55(54(64)53(63)51(46-59)67-57)68-52(62)45-42-39-36-33-30-27-25-23-20-17-14-11-8-5-2/h8,11,17,19-20,22,40,43,48-51,53-55,57,59-61,63-64H,4-7,9-10,12-16,18,21,23-39,41-42,44-47H2,1-3H3,(H,58,65)/b11-8+,20-17+,22-19-,43-40+. The summed E-state index contributed by atoms with van der Waals surface area (Å²) in [7, 11) is 0. The van der Waals surface area contributed by atoms with E-state index >= 15 is 0 Å². The van der Waals surface area contributed by atoms with Crippen LogP contribution in [0.25, 0.3) is 0 Å². The van der Waals surface area contributed by atoms with Gasteiger partial charge in [0, 0.05) is 6.42 Å². The van der Waals surface area contributed by atoms with E-state index in [1.165, 1.54) is 96.3 Å². The van der Waals surface area contributed by atoms with Gasteiger partial charge in [-0.25, -0.2) is 0 Å². The number of aliphatic hydroxyl groups excluding tert-OH is 5. The highest BCUT2D eigenvalue weighted by Crippen LogP contribution is 2.26. The van der Waals surface area contributed by atoms with Gasteiger partial charge in [-0.15, -0.1) is 0 Å². The summed E-state index contributed by atoms with van der Waals surface area (Å²) in [6, 6.07) is -1.03. The summed E-state index contributed by atoms with van der Waals surface area (Å²) in [5.41, 5.74) is 0. The van der Waals surface area contributed by atoms with E-state index < -0.39 is 67.4 Å².